The van der Waals surface area contributed by atoms with Crippen LogP contribution in [0.4, 0.5) is 19.0 Å². The summed E-state index contributed by atoms with van der Waals surface area (Å²) in [6, 6.07) is 1.98. The van der Waals surface area contributed by atoms with Gasteiger partial charge in [-0.15, -0.1) is 0 Å². The van der Waals surface area contributed by atoms with E-state index in [1.54, 1.807) is 37.5 Å². The van der Waals surface area contributed by atoms with Crippen LogP contribution in [0.25, 0.3) is 0 Å². The molecule has 2 aromatic heterocycles. The van der Waals surface area contributed by atoms with Gasteiger partial charge in [0, 0.05) is 39.9 Å². The van der Waals surface area contributed by atoms with E-state index in [9.17, 15) is 21.6 Å². The van der Waals surface area contributed by atoms with E-state index in [4.69, 9.17) is 0 Å². The molecule has 0 aromatic carbocycles. The molecule has 0 saturated carbocycles. The molecule has 0 unspecified atom stereocenters. The van der Waals surface area contributed by atoms with Crippen LogP contribution in [0.2, 0.25) is 0 Å². The standard InChI is InChI=1S/C19H26F3N5O2S/c1-13-18(14(2)26(4)24-13)30(28,29)27-9-6-15(7-10-27)12-25(3)17-11-16(5-8-23-17)19(20,21)22/h5,8,11,15H,6-7,9-10,12H2,1-4H3. The van der Waals surface area contributed by atoms with Crippen molar-refractivity contribution in [3.8, 4) is 0 Å². The normalized spacial score (nSPS) is 16.8. The predicted octanol–water partition coefficient (Wildman–Crippen LogP) is 2.99. The molecular formula is C19H26F3N5O2S. The van der Waals surface area contributed by atoms with Crippen LogP contribution >= 0.6 is 0 Å². The Hall–Kier alpha value is -2.14. The third kappa shape index (κ3) is 4.46. The number of halogens is 3. The minimum Gasteiger partial charge on any atom is -0.359 e. The van der Waals surface area contributed by atoms with Crippen molar-refractivity contribution in [3.63, 3.8) is 0 Å². The van der Waals surface area contributed by atoms with Crippen LogP contribution in [0.5, 0.6) is 0 Å². The molecule has 30 heavy (non-hydrogen) atoms. The Morgan fingerprint density at radius 3 is 2.40 bits per heavy atom. The molecule has 11 heteroatoms. The Morgan fingerprint density at radius 2 is 1.87 bits per heavy atom. The van der Waals surface area contributed by atoms with Gasteiger partial charge in [-0.25, -0.2) is 13.4 Å². The van der Waals surface area contributed by atoms with Gasteiger partial charge in [-0.05, 0) is 44.7 Å². The average Bonchev–Trinajstić information content (AvgIpc) is 2.93. The van der Waals surface area contributed by atoms with E-state index in [2.05, 4.69) is 10.1 Å². The number of sulfonamides is 1. The fourth-order valence-electron chi connectivity index (χ4n) is 3.87. The Labute approximate surface area is 174 Å². The number of nitrogens with zero attached hydrogens (tertiary/aromatic N) is 5. The summed E-state index contributed by atoms with van der Waals surface area (Å²) in [5.41, 5.74) is 0.347. The molecule has 1 saturated heterocycles. The Morgan fingerprint density at radius 1 is 1.23 bits per heavy atom. The van der Waals surface area contributed by atoms with Crippen LogP contribution < -0.4 is 4.90 Å². The molecule has 1 aliphatic heterocycles. The number of aryl methyl sites for hydroxylation is 2. The first-order valence-corrected chi connectivity index (χ1v) is 11.1. The molecule has 7 nitrogen and oxygen atoms in total. The van der Waals surface area contributed by atoms with Crippen molar-refractivity contribution >= 4 is 15.8 Å². The minimum absolute atomic E-state index is 0.161. The molecule has 166 valence electrons. The number of hydrogen-bond acceptors (Lipinski definition) is 5. The smallest absolute Gasteiger partial charge is 0.359 e. The molecule has 1 aliphatic rings. The van der Waals surface area contributed by atoms with Crippen molar-refractivity contribution < 1.29 is 21.6 Å². The number of aromatic nitrogens is 3. The van der Waals surface area contributed by atoms with Gasteiger partial charge in [-0.3, -0.25) is 4.68 Å². The van der Waals surface area contributed by atoms with E-state index >= 15 is 0 Å². The zero-order chi connectivity index (χ0) is 22.3. The average molecular weight is 446 g/mol. The first kappa shape index (κ1) is 22.5. The van der Waals surface area contributed by atoms with E-state index in [-0.39, 0.29) is 16.6 Å². The summed E-state index contributed by atoms with van der Waals surface area (Å²) in [5.74, 6) is 0.412. The van der Waals surface area contributed by atoms with Crippen molar-refractivity contribution in [2.24, 2.45) is 13.0 Å². The van der Waals surface area contributed by atoms with Crippen LogP contribution in [0, 0.1) is 19.8 Å². The van der Waals surface area contributed by atoms with Gasteiger partial charge in [-0.2, -0.15) is 22.6 Å². The van der Waals surface area contributed by atoms with Crippen LogP contribution in [-0.4, -0.2) is 54.2 Å². The number of piperidine rings is 1. The maximum absolute atomic E-state index is 13.1. The molecule has 1 fully saturated rings. The summed E-state index contributed by atoms with van der Waals surface area (Å²) in [5, 5.41) is 4.20. The first-order valence-electron chi connectivity index (χ1n) is 9.66. The molecule has 0 atom stereocenters. The largest absolute Gasteiger partial charge is 0.416 e. The van der Waals surface area contributed by atoms with Crippen LogP contribution in [0.15, 0.2) is 23.2 Å². The van der Waals surface area contributed by atoms with E-state index in [1.165, 1.54) is 4.31 Å². The van der Waals surface area contributed by atoms with Gasteiger partial charge in [0.1, 0.15) is 10.7 Å². The molecular weight excluding hydrogens is 419 g/mol. The molecule has 0 bridgehead atoms. The summed E-state index contributed by atoms with van der Waals surface area (Å²) in [6.07, 6.45) is -2.01. The van der Waals surface area contributed by atoms with Gasteiger partial charge < -0.3 is 4.90 Å². The molecule has 0 aliphatic carbocycles. The quantitative estimate of drug-likeness (QED) is 0.708. The van der Waals surface area contributed by atoms with Crippen molar-refractivity contribution in [2.75, 3.05) is 31.6 Å². The third-order valence-corrected chi connectivity index (χ3v) is 7.76. The van der Waals surface area contributed by atoms with Crippen molar-refractivity contribution in [3.05, 3.63) is 35.3 Å². The molecule has 3 heterocycles. The summed E-state index contributed by atoms with van der Waals surface area (Å²) in [6.45, 7) is 4.66. The van der Waals surface area contributed by atoms with Crippen molar-refractivity contribution in [2.45, 2.75) is 37.8 Å². The van der Waals surface area contributed by atoms with Crippen LogP contribution in [0.1, 0.15) is 29.8 Å². The fraction of sp³-hybridized carbons (Fsp3) is 0.579. The molecule has 2 aromatic rings. The lowest BCUT2D eigenvalue weighted by atomic mass is 9.97. The second-order valence-corrected chi connectivity index (χ2v) is 9.63. The highest BCUT2D eigenvalue weighted by Crippen LogP contribution is 2.31. The second kappa shape index (κ2) is 8.18. The highest BCUT2D eigenvalue weighted by Gasteiger charge is 2.34. The van der Waals surface area contributed by atoms with Crippen LogP contribution in [0.3, 0.4) is 0 Å². The van der Waals surface area contributed by atoms with E-state index in [1.807, 2.05) is 0 Å². The lowest BCUT2D eigenvalue weighted by molar-refractivity contribution is -0.137. The Bertz CT molecular complexity index is 1010. The van der Waals surface area contributed by atoms with Gasteiger partial charge >= 0.3 is 6.18 Å². The number of alkyl halides is 3. The molecule has 0 spiro atoms. The van der Waals surface area contributed by atoms with Gasteiger partial charge in [0.2, 0.25) is 10.0 Å². The Kier molecular flexibility index (Phi) is 6.15. The van der Waals surface area contributed by atoms with Gasteiger partial charge in [0.15, 0.2) is 0 Å². The molecule has 0 N–H and O–H groups in total. The van der Waals surface area contributed by atoms with Gasteiger partial charge in [-0.1, -0.05) is 0 Å². The monoisotopic (exact) mass is 445 g/mol. The SMILES string of the molecule is Cc1nn(C)c(C)c1S(=O)(=O)N1CCC(CN(C)c2cc(C(F)(F)F)ccn2)CC1. The van der Waals surface area contributed by atoms with E-state index < -0.39 is 21.8 Å². The zero-order valence-electron chi connectivity index (χ0n) is 17.4. The summed E-state index contributed by atoms with van der Waals surface area (Å²) < 4.78 is 68.0. The van der Waals surface area contributed by atoms with E-state index in [0.717, 1.165) is 18.3 Å². The summed E-state index contributed by atoms with van der Waals surface area (Å²) in [7, 11) is -0.214. The first-order chi connectivity index (χ1) is 13.9. The van der Waals surface area contributed by atoms with Crippen molar-refractivity contribution in [1.82, 2.24) is 19.1 Å². The highest BCUT2D eigenvalue weighted by molar-refractivity contribution is 7.89. The number of anilines is 1. The lowest BCUT2D eigenvalue weighted by Gasteiger charge is -2.33. The maximum atomic E-state index is 13.1. The van der Waals surface area contributed by atoms with Crippen LogP contribution in [-0.2, 0) is 23.2 Å². The predicted molar refractivity (Wildman–Crippen MR) is 107 cm³/mol. The molecule has 0 amide bonds. The Balaban J connectivity index is 1.65. The van der Waals surface area contributed by atoms with E-state index in [0.29, 0.717) is 43.9 Å². The maximum Gasteiger partial charge on any atom is 0.416 e. The zero-order valence-corrected chi connectivity index (χ0v) is 18.3. The number of pyridine rings is 1. The fourth-order valence-corrected chi connectivity index (χ4v) is 5.74. The second-order valence-electron chi connectivity index (χ2n) is 7.75. The minimum atomic E-state index is -4.42. The third-order valence-electron chi connectivity index (χ3n) is 5.61. The number of rotatable bonds is 5. The molecule has 0 radical (unpaired) electrons. The van der Waals surface area contributed by atoms with Crippen molar-refractivity contribution in [1.29, 1.82) is 0 Å². The summed E-state index contributed by atoms with van der Waals surface area (Å²) >= 11 is 0. The van der Waals surface area contributed by atoms with Gasteiger partial charge in [0.25, 0.3) is 0 Å². The van der Waals surface area contributed by atoms with Gasteiger partial charge in [0.05, 0.1) is 17.0 Å². The topological polar surface area (TPSA) is 71.3 Å². The molecule has 3 rings (SSSR count). The summed E-state index contributed by atoms with van der Waals surface area (Å²) in [4.78, 5) is 6.00. The highest BCUT2D eigenvalue weighted by atomic mass is 32.2. The number of hydrogen-bond donors (Lipinski definition) is 0. The lowest BCUT2D eigenvalue weighted by Crippen LogP contribution is -2.41.